The minimum atomic E-state index is -2.17. The molecular formula is C31H31F4N3O. The number of nitrogens with zero attached hydrogens (tertiary/aromatic N) is 2. The monoisotopic (exact) mass is 537 g/mol. The molecule has 1 fully saturated rings. The molecule has 1 saturated heterocycles. The summed E-state index contributed by atoms with van der Waals surface area (Å²) in [5.41, 5.74) is 5.22. The fourth-order valence-electron chi connectivity index (χ4n) is 4.84. The molecule has 4 aromatic rings. The molecule has 0 spiro atoms. The molecule has 1 amide bonds. The standard InChI is InChI=1S/C29H27F2N3O.C2H4F2/c1-18-6-3-4-9-27(18)33-19(2)20-10-12-34(13-11-20)29(35)24-16-28-23(15-26(24)31)25(17-32-28)21-7-5-8-22(30)14-21;1-2(3)4/h3-9,14-17,20,32H,10-13H2,1-2H3;2H,1H3. The molecule has 0 radical (unpaired) electrons. The van der Waals surface area contributed by atoms with Crippen molar-refractivity contribution < 1.29 is 22.4 Å². The number of aliphatic imine (C=N–C) groups is 1. The average Bonchev–Trinajstić information content (AvgIpc) is 3.31. The van der Waals surface area contributed by atoms with Gasteiger partial charge in [-0.25, -0.2) is 17.6 Å². The summed E-state index contributed by atoms with van der Waals surface area (Å²) < 4.78 is 49.5. The highest BCUT2D eigenvalue weighted by Crippen LogP contribution is 2.32. The van der Waals surface area contributed by atoms with Crippen LogP contribution >= 0.6 is 0 Å². The van der Waals surface area contributed by atoms with Crippen molar-refractivity contribution in [2.45, 2.75) is 40.0 Å². The van der Waals surface area contributed by atoms with Gasteiger partial charge in [-0.05, 0) is 75.1 Å². The Labute approximate surface area is 225 Å². The number of H-pyrrole nitrogens is 1. The van der Waals surface area contributed by atoms with Crippen LogP contribution in [-0.2, 0) is 0 Å². The van der Waals surface area contributed by atoms with E-state index in [9.17, 15) is 18.0 Å². The Bertz CT molecular complexity index is 1480. The molecule has 0 aliphatic carbocycles. The lowest BCUT2D eigenvalue weighted by molar-refractivity contribution is 0.0705. The molecule has 2 heterocycles. The Morgan fingerprint density at radius 1 is 1.03 bits per heavy atom. The third kappa shape index (κ3) is 6.74. The molecule has 1 aliphatic rings. The fourth-order valence-corrected chi connectivity index (χ4v) is 4.84. The first-order chi connectivity index (χ1) is 18.6. The first-order valence-electron chi connectivity index (χ1n) is 12.9. The van der Waals surface area contributed by atoms with Gasteiger partial charge in [-0.3, -0.25) is 9.79 Å². The van der Waals surface area contributed by atoms with Crippen molar-refractivity contribution in [3.05, 3.63) is 89.6 Å². The summed E-state index contributed by atoms with van der Waals surface area (Å²) in [5.74, 6) is -0.938. The van der Waals surface area contributed by atoms with E-state index in [4.69, 9.17) is 4.99 Å². The molecule has 1 N–H and O–H groups in total. The Hall–Kier alpha value is -3.94. The molecule has 3 aromatic carbocycles. The van der Waals surface area contributed by atoms with Gasteiger partial charge in [-0.15, -0.1) is 0 Å². The van der Waals surface area contributed by atoms with Crippen molar-refractivity contribution in [2.24, 2.45) is 10.9 Å². The molecule has 1 aromatic heterocycles. The maximum Gasteiger partial charge on any atom is 0.256 e. The minimum Gasteiger partial charge on any atom is -0.361 e. The smallest absolute Gasteiger partial charge is 0.256 e. The van der Waals surface area contributed by atoms with E-state index in [2.05, 4.69) is 4.98 Å². The van der Waals surface area contributed by atoms with E-state index in [1.165, 1.54) is 18.2 Å². The van der Waals surface area contributed by atoms with Crippen LogP contribution in [0, 0.1) is 24.5 Å². The van der Waals surface area contributed by atoms with Crippen molar-refractivity contribution >= 4 is 28.2 Å². The number of aromatic nitrogens is 1. The topological polar surface area (TPSA) is 48.5 Å². The van der Waals surface area contributed by atoms with Gasteiger partial charge in [0.1, 0.15) is 11.6 Å². The quantitative estimate of drug-likeness (QED) is 0.206. The molecular weight excluding hydrogens is 506 g/mol. The van der Waals surface area contributed by atoms with Gasteiger partial charge in [0.2, 0.25) is 6.43 Å². The first kappa shape index (κ1) is 28.1. The first-order valence-corrected chi connectivity index (χ1v) is 12.9. The second-order valence-corrected chi connectivity index (χ2v) is 9.72. The number of nitrogens with one attached hydrogen (secondary N) is 1. The van der Waals surface area contributed by atoms with Crippen LogP contribution in [0.25, 0.3) is 22.0 Å². The molecule has 4 nitrogen and oxygen atoms in total. The van der Waals surface area contributed by atoms with E-state index in [0.29, 0.717) is 41.0 Å². The van der Waals surface area contributed by atoms with E-state index in [-0.39, 0.29) is 17.3 Å². The van der Waals surface area contributed by atoms with Crippen LogP contribution in [0.3, 0.4) is 0 Å². The summed E-state index contributed by atoms with van der Waals surface area (Å²) in [4.78, 5) is 22.8. The van der Waals surface area contributed by atoms with Crippen LogP contribution in [0.2, 0.25) is 0 Å². The number of para-hydroxylation sites is 1. The Balaban J connectivity index is 0.000000826. The van der Waals surface area contributed by atoms with Gasteiger partial charge >= 0.3 is 0 Å². The van der Waals surface area contributed by atoms with E-state index in [1.54, 1.807) is 29.3 Å². The van der Waals surface area contributed by atoms with Crippen molar-refractivity contribution in [1.82, 2.24) is 9.88 Å². The minimum absolute atomic E-state index is 0.0499. The van der Waals surface area contributed by atoms with Gasteiger partial charge in [-0.2, -0.15) is 0 Å². The predicted octanol–water partition coefficient (Wildman–Crippen LogP) is 8.34. The normalized spacial score (nSPS) is 14.5. The number of aryl methyl sites for hydroxylation is 1. The van der Waals surface area contributed by atoms with Gasteiger partial charge < -0.3 is 9.88 Å². The van der Waals surface area contributed by atoms with Crippen molar-refractivity contribution in [3.8, 4) is 11.1 Å². The van der Waals surface area contributed by atoms with Gasteiger partial charge in [-0.1, -0.05) is 30.3 Å². The zero-order chi connectivity index (χ0) is 28.1. The van der Waals surface area contributed by atoms with Crippen LogP contribution in [0.15, 0.2) is 71.9 Å². The van der Waals surface area contributed by atoms with Crippen molar-refractivity contribution in [1.29, 1.82) is 0 Å². The van der Waals surface area contributed by atoms with Gasteiger partial charge in [0.25, 0.3) is 5.91 Å². The summed E-state index contributed by atoms with van der Waals surface area (Å²) in [5, 5.41) is 0.617. The number of likely N-dealkylation sites (tertiary alicyclic amines) is 1. The van der Waals surface area contributed by atoms with Gasteiger partial charge in [0.15, 0.2) is 0 Å². The third-order valence-corrected chi connectivity index (χ3v) is 6.92. The summed E-state index contributed by atoms with van der Waals surface area (Å²) >= 11 is 0. The lowest BCUT2D eigenvalue weighted by Crippen LogP contribution is -2.40. The molecule has 204 valence electrons. The lowest BCUT2D eigenvalue weighted by atomic mass is 9.92. The number of amides is 1. The highest BCUT2D eigenvalue weighted by Gasteiger charge is 2.27. The lowest BCUT2D eigenvalue weighted by Gasteiger charge is -2.32. The fraction of sp³-hybridized carbons (Fsp3) is 0.290. The second kappa shape index (κ2) is 12.3. The summed E-state index contributed by atoms with van der Waals surface area (Å²) in [6.45, 7) is 6.04. The SMILES string of the molecule is CC(=Nc1ccccc1C)C1CCN(C(=O)c2cc3[nH]cc(-c4cccc(F)c4)c3cc2F)CC1.CC(F)F. The van der Waals surface area contributed by atoms with Crippen LogP contribution < -0.4 is 0 Å². The maximum atomic E-state index is 15.1. The average molecular weight is 538 g/mol. The van der Waals surface area contributed by atoms with Crippen molar-refractivity contribution in [3.63, 3.8) is 0 Å². The number of halogens is 4. The Morgan fingerprint density at radius 3 is 2.38 bits per heavy atom. The van der Waals surface area contributed by atoms with E-state index in [1.807, 2.05) is 38.1 Å². The number of carbonyl (C=O) groups excluding carboxylic acids is 1. The van der Waals surface area contributed by atoms with E-state index in [0.717, 1.165) is 36.7 Å². The number of hydrogen-bond acceptors (Lipinski definition) is 2. The number of hydrogen-bond donors (Lipinski definition) is 1. The second-order valence-electron chi connectivity index (χ2n) is 9.72. The number of rotatable bonds is 4. The van der Waals surface area contributed by atoms with Crippen LogP contribution in [0.4, 0.5) is 23.2 Å². The number of carbonyl (C=O) groups is 1. The number of aromatic amines is 1. The molecule has 0 atom stereocenters. The number of benzene rings is 3. The van der Waals surface area contributed by atoms with Gasteiger partial charge in [0.05, 0.1) is 11.3 Å². The van der Waals surface area contributed by atoms with Crippen LogP contribution in [0.5, 0.6) is 0 Å². The Kier molecular flexibility index (Phi) is 8.84. The van der Waals surface area contributed by atoms with Crippen molar-refractivity contribution in [2.75, 3.05) is 13.1 Å². The summed E-state index contributed by atoms with van der Waals surface area (Å²) in [7, 11) is 0. The molecule has 0 bridgehead atoms. The molecule has 0 saturated carbocycles. The zero-order valence-corrected chi connectivity index (χ0v) is 22.1. The van der Waals surface area contributed by atoms with Crippen LogP contribution in [0.1, 0.15) is 42.6 Å². The molecule has 5 rings (SSSR count). The summed E-state index contributed by atoms with van der Waals surface area (Å²) in [6, 6.07) is 17.1. The molecule has 8 heteroatoms. The summed E-state index contributed by atoms with van der Waals surface area (Å²) in [6.07, 6.45) is 1.14. The molecule has 0 unspecified atom stereocenters. The number of fused-ring (bicyclic) bond motifs is 1. The number of piperidine rings is 1. The Morgan fingerprint density at radius 2 is 1.72 bits per heavy atom. The molecule has 1 aliphatic heterocycles. The van der Waals surface area contributed by atoms with E-state index >= 15 is 4.39 Å². The highest BCUT2D eigenvalue weighted by atomic mass is 19.3. The zero-order valence-electron chi connectivity index (χ0n) is 22.1. The van der Waals surface area contributed by atoms with E-state index < -0.39 is 12.2 Å². The number of alkyl halides is 2. The third-order valence-electron chi connectivity index (χ3n) is 6.92. The van der Waals surface area contributed by atoms with Crippen LogP contribution in [-0.4, -0.2) is 41.0 Å². The van der Waals surface area contributed by atoms with Gasteiger partial charge in [0, 0.05) is 47.4 Å². The maximum absolute atomic E-state index is 15.1. The largest absolute Gasteiger partial charge is 0.361 e. The highest BCUT2D eigenvalue weighted by molar-refractivity contribution is 6.02. The molecule has 39 heavy (non-hydrogen) atoms. The predicted molar refractivity (Wildman–Crippen MR) is 148 cm³/mol.